The minimum atomic E-state index is -0.235. The second-order valence-electron chi connectivity index (χ2n) is 7.41. The molecule has 0 aliphatic heterocycles. The number of rotatable bonds is 8. The van der Waals surface area contributed by atoms with E-state index in [-0.39, 0.29) is 11.8 Å². The van der Waals surface area contributed by atoms with Crippen molar-refractivity contribution in [2.24, 2.45) is 5.92 Å². The predicted octanol–water partition coefficient (Wildman–Crippen LogP) is 4.06. The van der Waals surface area contributed by atoms with Gasteiger partial charge in [0.05, 0.1) is 19.3 Å². The molecule has 2 amide bonds. The fourth-order valence-electron chi connectivity index (χ4n) is 3.63. The minimum Gasteiger partial charge on any atom is -0.495 e. The summed E-state index contributed by atoms with van der Waals surface area (Å²) < 4.78 is 5.25. The van der Waals surface area contributed by atoms with Crippen molar-refractivity contribution in [1.29, 1.82) is 0 Å². The highest BCUT2D eigenvalue weighted by Gasteiger charge is 2.13. The number of hydrogen-bond acceptors (Lipinski definition) is 4. The minimum absolute atomic E-state index is 0.0768. The number of amides is 2. The van der Waals surface area contributed by atoms with Crippen LogP contribution in [0.5, 0.6) is 5.75 Å². The lowest BCUT2D eigenvalue weighted by atomic mass is 9.89. The van der Waals surface area contributed by atoms with E-state index in [0.29, 0.717) is 35.2 Å². The summed E-state index contributed by atoms with van der Waals surface area (Å²) in [4.78, 5) is 24.6. The Morgan fingerprint density at radius 1 is 0.966 bits per heavy atom. The molecule has 1 aliphatic rings. The van der Waals surface area contributed by atoms with E-state index in [4.69, 9.17) is 4.74 Å². The summed E-state index contributed by atoms with van der Waals surface area (Å²) in [6.07, 6.45) is 6.45. The lowest BCUT2D eigenvalue weighted by Gasteiger charge is -2.21. The number of benzene rings is 2. The van der Waals surface area contributed by atoms with Gasteiger partial charge in [0.2, 0.25) is 5.91 Å². The maximum atomic E-state index is 12.4. The van der Waals surface area contributed by atoms with Crippen LogP contribution in [0.1, 0.15) is 42.5 Å². The molecule has 29 heavy (non-hydrogen) atoms. The van der Waals surface area contributed by atoms with E-state index in [1.54, 1.807) is 43.5 Å². The highest BCUT2D eigenvalue weighted by molar-refractivity contribution is 6.05. The van der Waals surface area contributed by atoms with Crippen LogP contribution in [-0.2, 0) is 4.79 Å². The van der Waals surface area contributed by atoms with Crippen molar-refractivity contribution >= 4 is 23.2 Å². The van der Waals surface area contributed by atoms with Crippen LogP contribution in [0.3, 0.4) is 0 Å². The molecule has 0 atom stereocenters. The van der Waals surface area contributed by atoms with E-state index in [0.717, 1.165) is 6.54 Å². The van der Waals surface area contributed by atoms with E-state index < -0.39 is 0 Å². The lowest BCUT2D eigenvalue weighted by molar-refractivity contribution is -0.115. The van der Waals surface area contributed by atoms with E-state index in [9.17, 15) is 9.59 Å². The average molecular weight is 396 g/mol. The highest BCUT2D eigenvalue weighted by Crippen LogP contribution is 2.24. The maximum Gasteiger partial charge on any atom is 0.255 e. The summed E-state index contributed by atoms with van der Waals surface area (Å²) in [6.45, 7) is 1.20. The Balaban J connectivity index is 1.46. The Labute approximate surface area is 172 Å². The first-order valence-electron chi connectivity index (χ1n) is 10.2. The zero-order valence-electron chi connectivity index (χ0n) is 16.9. The van der Waals surface area contributed by atoms with Gasteiger partial charge in [0.25, 0.3) is 5.91 Å². The van der Waals surface area contributed by atoms with Gasteiger partial charge in [-0.3, -0.25) is 9.59 Å². The third kappa shape index (κ3) is 6.32. The molecule has 0 radical (unpaired) electrons. The predicted molar refractivity (Wildman–Crippen MR) is 115 cm³/mol. The summed E-state index contributed by atoms with van der Waals surface area (Å²) in [5, 5.41) is 8.95. The molecule has 1 aliphatic carbocycles. The Morgan fingerprint density at radius 3 is 2.41 bits per heavy atom. The monoisotopic (exact) mass is 395 g/mol. The fraction of sp³-hybridized carbons (Fsp3) is 0.391. The molecule has 3 N–H and O–H groups in total. The van der Waals surface area contributed by atoms with Crippen LogP contribution in [0.4, 0.5) is 11.4 Å². The molecule has 6 heteroatoms. The van der Waals surface area contributed by atoms with Crippen LogP contribution in [0.2, 0.25) is 0 Å². The molecule has 1 saturated carbocycles. The fourth-order valence-corrected chi connectivity index (χ4v) is 3.63. The number of hydrogen-bond donors (Lipinski definition) is 3. The molecule has 0 spiro atoms. The summed E-state index contributed by atoms with van der Waals surface area (Å²) in [5.41, 5.74) is 1.79. The summed E-state index contributed by atoms with van der Waals surface area (Å²) in [5.74, 6) is 0.983. The molecule has 2 aromatic carbocycles. The molecule has 0 heterocycles. The van der Waals surface area contributed by atoms with Crippen LogP contribution in [0.25, 0.3) is 0 Å². The highest BCUT2D eigenvalue weighted by atomic mass is 16.5. The Hall–Kier alpha value is -2.86. The van der Waals surface area contributed by atoms with Gasteiger partial charge in [0, 0.05) is 11.3 Å². The van der Waals surface area contributed by atoms with E-state index in [2.05, 4.69) is 16.0 Å². The number of para-hydroxylation sites is 2. The van der Waals surface area contributed by atoms with Gasteiger partial charge in [-0.1, -0.05) is 31.4 Å². The SMILES string of the molecule is COc1ccccc1NC(=O)c1ccc(NC(=O)CNCC2CCCCC2)cc1. The van der Waals surface area contributed by atoms with Gasteiger partial charge in [-0.25, -0.2) is 0 Å². The largest absolute Gasteiger partial charge is 0.495 e. The van der Waals surface area contributed by atoms with Gasteiger partial charge < -0.3 is 20.7 Å². The smallest absolute Gasteiger partial charge is 0.255 e. The first-order chi connectivity index (χ1) is 14.2. The topological polar surface area (TPSA) is 79.5 Å². The van der Waals surface area contributed by atoms with Gasteiger partial charge in [0.15, 0.2) is 0 Å². The van der Waals surface area contributed by atoms with Crippen LogP contribution in [-0.4, -0.2) is 32.0 Å². The van der Waals surface area contributed by atoms with Gasteiger partial charge in [0.1, 0.15) is 5.75 Å². The second-order valence-corrected chi connectivity index (χ2v) is 7.41. The summed E-state index contributed by atoms with van der Waals surface area (Å²) in [6, 6.07) is 14.1. The first-order valence-corrected chi connectivity index (χ1v) is 10.2. The molecule has 0 bridgehead atoms. The molecule has 1 fully saturated rings. The molecular weight excluding hydrogens is 366 g/mol. The van der Waals surface area contributed by atoms with Crippen molar-refractivity contribution in [3.63, 3.8) is 0 Å². The standard InChI is InChI=1S/C23H29N3O3/c1-29-21-10-6-5-9-20(21)26-23(28)18-11-13-19(14-12-18)25-22(27)16-24-15-17-7-3-2-4-8-17/h5-6,9-14,17,24H,2-4,7-8,15-16H2,1H3,(H,25,27)(H,26,28). The molecule has 3 rings (SSSR count). The Kier molecular flexibility index (Phi) is 7.64. The first kappa shape index (κ1) is 20.9. The third-order valence-electron chi connectivity index (χ3n) is 5.23. The number of anilines is 2. The van der Waals surface area contributed by atoms with Crippen molar-refractivity contribution < 1.29 is 14.3 Å². The lowest BCUT2D eigenvalue weighted by Crippen LogP contribution is -2.32. The molecule has 0 saturated heterocycles. The summed E-state index contributed by atoms with van der Waals surface area (Å²) >= 11 is 0. The van der Waals surface area contributed by atoms with Gasteiger partial charge in [-0.05, 0) is 61.7 Å². The second kappa shape index (κ2) is 10.6. The average Bonchev–Trinajstić information content (AvgIpc) is 2.75. The van der Waals surface area contributed by atoms with Crippen molar-refractivity contribution in [3.05, 3.63) is 54.1 Å². The van der Waals surface area contributed by atoms with Crippen molar-refractivity contribution in [3.8, 4) is 5.75 Å². The Bertz CT molecular complexity index is 814. The molecule has 154 valence electrons. The summed E-state index contributed by atoms with van der Waals surface area (Å²) in [7, 11) is 1.56. The van der Waals surface area contributed by atoms with Gasteiger partial charge in [-0.15, -0.1) is 0 Å². The normalized spacial score (nSPS) is 14.2. The maximum absolute atomic E-state index is 12.4. The van der Waals surface area contributed by atoms with Crippen LogP contribution >= 0.6 is 0 Å². The van der Waals surface area contributed by atoms with Gasteiger partial charge in [-0.2, -0.15) is 0 Å². The number of ether oxygens (including phenoxy) is 1. The van der Waals surface area contributed by atoms with Crippen molar-refractivity contribution in [2.45, 2.75) is 32.1 Å². The number of carbonyl (C=O) groups excluding carboxylic acids is 2. The third-order valence-corrected chi connectivity index (χ3v) is 5.23. The molecular formula is C23H29N3O3. The van der Waals surface area contributed by atoms with E-state index in [1.165, 1.54) is 32.1 Å². The van der Waals surface area contributed by atoms with Crippen LogP contribution in [0.15, 0.2) is 48.5 Å². The van der Waals surface area contributed by atoms with Crippen molar-refractivity contribution in [2.75, 3.05) is 30.8 Å². The number of nitrogens with one attached hydrogen (secondary N) is 3. The number of methoxy groups -OCH3 is 1. The van der Waals surface area contributed by atoms with Gasteiger partial charge >= 0.3 is 0 Å². The Morgan fingerprint density at radius 2 is 1.69 bits per heavy atom. The molecule has 0 unspecified atom stereocenters. The van der Waals surface area contributed by atoms with E-state index in [1.807, 2.05) is 12.1 Å². The number of carbonyl (C=O) groups is 2. The zero-order chi connectivity index (χ0) is 20.5. The van der Waals surface area contributed by atoms with Crippen LogP contribution < -0.4 is 20.7 Å². The quantitative estimate of drug-likeness (QED) is 0.630. The zero-order valence-corrected chi connectivity index (χ0v) is 16.9. The molecule has 2 aromatic rings. The van der Waals surface area contributed by atoms with Crippen molar-refractivity contribution in [1.82, 2.24) is 5.32 Å². The molecule has 0 aromatic heterocycles. The molecule has 6 nitrogen and oxygen atoms in total. The van der Waals surface area contributed by atoms with Crippen LogP contribution in [0, 0.1) is 5.92 Å². The van der Waals surface area contributed by atoms with E-state index >= 15 is 0 Å².